The first-order chi connectivity index (χ1) is 20.8. The third kappa shape index (κ3) is 4.23. The molecule has 0 bridgehead atoms. The van der Waals surface area contributed by atoms with Crippen LogP contribution in [0.1, 0.15) is 61.3 Å². The van der Waals surface area contributed by atoms with Crippen molar-refractivity contribution in [1.29, 1.82) is 0 Å². The van der Waals surface area contributed by atoms with Crippen LogP contribution in [0.2, 0.25) is 0 Å². The van der Waals surface area contributed by atoms with Crippen LogP contribution in [-0.2, 0) is 20.8 Å². The van der Waals surface area contributed by atoms with E-state index in [0.29, 0.717) is 18.3 Å². The van der Waals surface area contributed by atoms with Crippen LogP contribution in [0.5, 0.6) is 5.75 Å². The van der Waals surface area contributed by atoms with E-state index in [-0.39, 0.29) is 29.3 Å². The molecule has 1 aromatic rings. The van der Waals surface area contributed by atoms with E-state index in [0.717, 1.165) is 42.9 Å². The first-order valence-electron chi connectivity index (χ1n) is 15.8. The topological polar surface area (TPSA) is 168 Å². The summed E-state index contributed by atoms with van der Waals surface area (Å²) < 4.78 is 0. The Kier molecular flexibility index (Phi) is 6.69. The molecule has 7 rings (SSSR count). The summed E-state index contributed by atoms with van der Waals surface area (Å²) >= 11 is 0. The van der Waals surface area contributed by atoms with Gasteiger partial charge in [-0.3, -0.25) is 24.2 Å². The van der Waals surface area contributed by atoms with Crippen LogP contribution in [0, 0.1) is 23.7 Å². The van der Waals surface area contributed by atoms with E-state index in [1.165, 1.54) is 30.6 Å². The van der Waals surface area contributed by atoms with Crippen LogP contribution < -0.4 is 10.6 Å². The molecule has 11 heteroatoms. The minimum Gasteiger partial charge on any atom is -0.508 e. The first-order valence-corrected chi connectivity index (χ1v) is 15.8. The summed E-state index contributed by atoms with van der Waals surface area (Å²) in [6.45, 7) is 2.88. The molecule has 44 heavy (non-hydrogen) atoms. The van der Waals surface area contributed by atoms with Crippen molar-refractivity contribution in [3.63, 3.8) is 0 Å². The molecule has 1 heterocycles. The Morgan fingerprint density at radius 2 is 1.70 bits per heavy atom. The predicted octanol–water partition coefficient (Wildman–Crippen LogP) is 1.97. The lowest BCUT2D eigenvalue weighted by Crippen LogP contribution is -2.65. The Morgan fingerprint density at radius 3 is 2.27 bits per heavy atom. The summed E-state index contributed by atoms with van der Waals surface area (Å²) in [5.41, 5.74) is 4.74. The van der Waals surface area contributed by atoms with Gasteiger partial charge >= 0.3 is 0 Å². The van der Waals surface area contributed by atoms with Crippen LogP contribution in [0.25, 0.3) is 5.76 Å². The third-order valence-corrected chi connectivity index (χ3v) is 11.0. The maximum Gasteiger partial charge on any atom is 0.255 e. The van der Waals surface area contributed by atoms with Gasteiger partial charge in [-0.1, -0.05) is 0 Å². The number of aromatic hydroxyl groups is 1. The van der Waals surface area contributed by atoms with Crippen LogP contribution in [0.4, 0.5) is 5.69 Å². The Hall–Kier alpha value is -3.41. The summed E-state index contributed by atoms with van der Waals surface area (Å²) in [5.74, 6) is -4.87. The molecule has 0 radical (unpaired) electrons. The number of hydrogen-bond acceptors (Lipinski definition) is 10. The highest BCUT2D eigenvalue weighted by Crippen LogP contribution is 2.55. The molecule has 3 fully saturated rings. The number of amides is 1. The molecule has 1 unspecified atom stereocenters. The van der Waals surface area contributed by atoms with Crippen molar-refractivity contribution in [1.82, 2.24) is 9.80 Å². The van der Waals surface area contributed by atoms with Gasteiger partial charge in [-0.05, 0) is 94.0 Å². The van der Waals surface area contributed by atoms with Gasteiger partial charge in [0.1, 0.15) is 22.8 Å². The number of Topliss-reactive ketones (excluding diaryl/α,β-unsaturated/α-hetero) is 2. The van der Waals surface area contributed by atoms with Crippen molar-refractivity contribution in [3.8, 4) is 5.75 Å². The molecule has 6 aliphatic rings. The number of ketones is 2. The van der Waals surface area contributed by atoms with Gasteiger partial charge in [-0.2, -0.15) is 0 Å². The number of rotatable bonds is 7. The monoisotopic (exact) mass is 606 g/mol. The van der Waals surface area contributed by atoms with Crippen molar-refractivity contribution in [3.05, 3.63) is 39.7 Å². The van der Waals surface area contributed by atoms with E-state index in [4.69, 9.17) is 5.73 Å². The molecule has 0 saturated heterocycles. The predicted molar refractivity (Wildman–Crippen MR) is 162 cm³/mol. The van der Waals surface area contributed by atoms with Gasteiger partial charge in [0.15, 0.2) is 11.4 Å². The minimum atomic E-state index is -2.64. The van der Waals surface area contributed by atoms with Crippen LogP contribution in [-0.4, -0.2) is 100 Å². The fraction of sp³-hybridized carbons (Fsp3) is 0.606. The summed E-state index contributed by atoms with van der Waals surface area (Å²) in [6, 6.07) is 0.760. The number of aliphatic hydroxyl groups excluding tert-OH is 2. The van der Waals surface area contributed by atoms with Gasteiger partial charge in [0, 0.05) is 49.9 Å². The lowest BCUT2D eigenvalue weighted by Gasteiger charge is -2.50. The van der Waals surface area contributed by atoms with Gasteiger partial charge in [0.25, 0.3) is 5.91 Å². The molecule has 1 amide bonds. The van der Waals surface area contributed by atoms with E-state index in [9.17, 15) is 34.8 Å². The molecule has 6 N–H and O–H groups in total. The van der Waals surface area contributed by atoms with Crippen LogP contribution in [0.15, 0.2) is 23.0 Å². The number of benzene rings is 1. The van der Waals surface area contributed by atoms with E-state index in [2.05, 4.69) is 9.80 Å². The second kappa shape index (κ2) is 10.1. The van der Waals surface area contributed by atoms with E-state index in [1.54, 1.807) is 20.2 Å². The van der Waals surface area contributed by atoms with E-state index >= 15 is 0 Å². The molecule has 11 nitrogen and oxygen atoms in total. The quantitative estimate of drug-likeness (QED) is 0.290. The molecule has 0 spiro atoms. The van der Waals surface area contributed by atoms with Gasteiger partial charge in [-0.25, -0.2) is 0 Å². The second-order valence-corrected chi connectivity index (χ2v) is 14.2. The number of primary amides is 1. The zero-order chi connectivity index (χ0) is 31.4. The van der Waals surface area contributed by atoms with Crippen LogP contribution >= 0.6 is 0 Å². The van der Waals surface area contributed by atoms with Crippen molar-refractivity contribution in [2.45, 2.75) is 62.6 Å². The molecule has 5 aliphatic carbocycles. The largest absolute Gasteiger partial charge is 0.508 e. The lowest BCUT2D eigenvalue weighted by molar-refractivity contribution is -0.153. The van der Waals surface area contributed by atoms with Gasteiger partial charge in [0.2, 0.25) is 5.78 Å². The number of nitrogens with zero attached hydrogens (tertiary/aromatic N) is 3. The number of anilines is 1. The number of hydrogen-bond donors (Lipinski definition) is 5. The highest BCUT2D eigenvalue weighted by atomic mass is 16.3. The molecule has 0 aromatic heterocycles. The maximum atomic E-state index is 14.2. The summed E-state index contributed by atoms with van der Waals surface area (Å²) in [5, 5.41) is 46.1. The summed E-state index contributed by atoms with van der Waals surface area (Å²) in [4.78, 5) is 46.1. The smallest absolute Gasteiger partial charge is 0.255 e. The zero-order valence-electron chi connectivity index (χ0n) is 25.5. The first kappa shape index (κ1) is 29.3. The molecule has 236 valence electrons. The molecule has 1 aliphatic heterocycles. The number of aliphatic hydroxyl groups is 3. The SMILES string of the molecule is CN1CCC(N(CC2CC2)CC2CC2)c2cc(O)c3c(c21)C[C@@H]1C[C@@H]2[C@@H](N(C)C)C(=O)C(C(N)=O)=C(O)[C@@]2(O)C(=O)C1=C3O. The minimum absolute atomic E-state index is 0.0822. The number of carbonyl (C=O) groups is 3. The third-order valence-electron chi connectivity index (χ3n) is 11.0. The number of phenols is 1. The molecular formula is C33H42N4O7. The fourth-order valence-corrected chi connectivity index (χ4v) is 8.59. The molecule has 3 saturated carbocycles. The Morgan fingerprint density at radius 1 is 1.07 bits per heavy atom. The average molecular weight is 607 g/mol. The highest BCUT2D eigenvalue weighted by Gasteiger charge is 2.64. The van der Waals surface area contributed by atoms with Crippen molar-refractivity contribution in [2.75, 3.05) is 45.7 Å². The van der Waals surface area contributed by atoms with Crippen molar-refractivity contribution in [2.24, 2.45) is 29.4 Å². The summed E-state index contributed by atoms with van der Waals surface area (Å²) in [6.07, 6.45) is 6.32. The van der Waals surface area contributed by atoms with Crippen molar-refractivity contribution >= 4 is 28.9 Å². The van der Waals surface area contributed by atoms with Gasteiger partial charge in [0.05, 0.1) is 11.6 Å². The standard InChI is InChI=1S/C33H42N4O7/c1-35(2)27-20-11-17-10-19-24(28(39)23(17)30(41)33(20,44)31(42)25(29(27)40)32(34)43)22(38)12-18-21(8-9-36(3)26(18)19)37(13-15-4-5-15)14-16-6-7-16/h12,15-17,20-21,27,38-39,42,44H,4-11,13-14H2,1-3H3,(H2,34,43)/t17-,20-,21?,27-,33+/m1/s1. The van der Waals surface area contributed by atoms with E-state index in [1.807, 2.05) is 7.05 Å². The van der Waals surface area contributed by atoms with E-state index < -0.39 is 58.0 Å². The fourth-order valence-electron chi connectivity index (χ4n) is 8.59. The normalized spacial score (nSPS) is 31.7. The van der Waals surface area contributed by atoms with Crippen LogP contribution in [0.3, 0.4) is 0 Å². The lowest BCUT2D eigenvalue weighted by atomic mass is 9.57. The number of nitrogens with two attached hydrogens (primary N) is 1. The highest BCUT2D eigenvalue weighted by molar-refractivity contribution is 6.24. The number of likely N-dealkylation sites (N-methyl/N-ethyl adjacent to an activating group) is 1. The van der Waals surface area contributed by atoms with Gasteiger partial charge in [-0.15, -0.1) is 0 Å². The molecular weight excluding hydrogens is 564 g/mol. The number of phenolic OH excluding ortho intramolecular Hbond substituents is 1. The Labute approximate surface area is 256 Å². The zero-order valence-corrected chi connectivity index (χ0v) is 25.5. The maximum absolute atomic E-state index is 14.2. The number of carbonyl (C=O) groups excluding carboxylic acids is 3. The average Bonchev–Trinajstić information content (AvgIpc) is 3.87. The van der Waals surface area contributed by atoms with Crippen molar-refractivity contribution < 1.29 is 34.8 Å². The summed E-state index contributed by atoms with van der Waals surface area (Å²) in [7, 11) is 5.22. The Balaban J connectivity index is 1.36. The molecule has 5 atom stereocenters. The number of fused-ring (bicyclic) bond motifs is 5. The van der Waals surface area contributed by atoms with Gasteiger partial charge < -0.3 is 31.1 Å². The second-order valence-electron chi connectivity index (χ2n) is 14.2. The Bertz CT molecular complexity index is 1530. The molecule has 1 aromatic carbocycles.